The summed E-state index contributed by atoms with van der Waals surface area (Å²) in [6, 6.07) is 5.76. The fourth-order valence-electron chi connectivity index (χ4n) is 1.58. The first-order chi connectivity index (χ1) is 6.70. The van der Waals surface area contributed by atoms with Crippen molar-refractivity contribution in [3.63, 3.8) is 0 Å². The first-order valence-corrected chi connectivity index (χ1v) is 6.18. The van der Waals surface area contributed by atoms with E-state index in [1.165, 1.54) is 0 Å². The lowest BCUT2D eigenvalue weighted by Crippen LogP contribution is -2.36. The summed E-state index contributed by atoms with van der Waals surface area (Å²) in [5.41, 5.74) is 1.10. The summed E-state index contributed by atoms with van der Waals surface area (Å²) in [6.45, 7) is 4.04. The van der Waals surface area contributed by atoms with E-state index in [1.54, 1.807) is 0 Å². The van der Waals surface area contributed by atoms with E-state index in [2.05, 4.69) is 34.4 Å². The summed E-state index contributed by atoms with van der Waals surface area (Å²) in [4.78, 5) is 2.28. The Hall–Kier alpha value is -0.160. The largest absolute Gasteiger partial charge is 0.476 e. The molecule has 1 atom stereocenters. The summed E-state index contributed by atoms with van der Waals surface area (Å²) in [6.07, 6.45) is 0. The van der Waals surface area contributed by atoms with Crippen molar-refractivity contribution >= 4 is 39.9 Å². The highest BCUT2D eigenvalue weighted by atomic mass is 127. The minimum absolute atomic E-state index is 0.223. The van der Waals surface area contributed by atoms with Gasteiger partial charge >= 0.3 is 0 Å². The molecule has 0 saturated carbocycles. The van der Waals surface area contributed by atoms with Crippen LogP contribution in [-0.2, 0) is 0 Å². The molecule has 2 rings (SSSR count). The molecule has 1 aliphatic rings. The van der Waals surface area contributed by atoms with Gasteiger partial charge in [-0.1, -0.05) is 11.6 Å². The van der Waals surface area contributed by atoms with Crippen molar-refractivity contribution in [3.05, 3.63) is 23.2 Å². The minimum atomic E-state index is 0.223. The van der Waals surface area contributed by atoms with E-state index in [9.17, 15) is 0 Å². The Morgan fingerprint density at radius 2 is 2.43 bits per heavy atom. The third kappa shape index (κ3) is 1.93. The number of hydrogen-bond donors (Lipinski definition) is 0. The van der Waals surface area contributed by atoms with Crippen LogP contribution in [0.25, 0.3) is 0 Å². The lowest BCUT2D eigenvalue weighted by molar-refractivity contribution is 0.291. The maximum atomic E-state index is 5.95. The number of rotatable bonds is 1. The van der Waals surface area contributed by atoms with Crippen LogP contribution in [0.1, 0.15) is 6.92 Å². The lowest BCUT2D eigenvalue weighted by Gasteiger charge is -2.33. The SMILES string of the molecule is CCN1C[C@H](I)Oc2ccc(Cl)cc21. The van der Waals surface area contributed by atoms with Gasteiger partial charge in [-0.3, -0.25) is 0 Å². The number of fused-ring (bicyclic) bond motifs is 1. The summed E-state index contributed by atoms with van der Waals surface area (Å²) < 4.78 is 5.93. The second-order valence-electron chi connectivity index (χ2n) is 3.18. The van der Waals surface area contributed by atoms with E-state index in [0.717, 1.165) is 29.5 Å². The van der Waals surface area contributed by atoms with E-state index >= 15 is 0 Å². The van der Waals surface area contributed by atoms with E-state index < -0.39 is 0 Å². The highest BCUT2D eigenvalue weighted by Gasteiger charge is 2.22. The molecule has 0 radical (unpaired) electrons. The molecule has 0 aliphatic carbocycles. The predicted molar refractivity (Wildman–Crippen MR) is 67.8 cm³/mol. The second kappa shape index (κ2) is 4.14. The monoisotopic (exact) mass is 323 g/mol. The molecule has 0 fully saturated rings. The molecule has 1 heterocycles. The topological polar surface area (TPSA) is 12.5 Å². The van der Waals surface area contributed by atoms with Gasteiger partial charge in [-0.25, -0.2) is 0 Å². The molecule has 0 bridgehead atoms. The average molecular weight is 324 g/mol. The highest BCUT2D eigenvalue weighted by molar-refractivity contribution is 14.1. The van der Waals surface area contributed by atoms with Crippen LogP contribution in [0.2, 0.25) is 5.02 Å². The summed E-state index contributed by atoms with van der Waals surface area (Å²) in [7, 11) is 0. The van der Waals surface area contributed by atoms with Crippen LogP contribution < -0.4 is 9.64 Å². The quantitative estimate of drug-likeness (QED) is 0.581. The molecule has 1 aromatic rings. The normalized spacial score (nSPS) is 20.2. The number of benzene rings is 1. The summed E-state index contributed by atoms with van der Waals surface area (Å²) in [5.74, 6) is 0.932. The molecular weight excluding hydrogens is 312 g/mol. The van der Waals surface area contributed by atoms with E-state index in [-0.39, 0.29) is 4.11 Å². The summed E-state index contributed by atoms with van der Waals surface area (Å²) in [5, 5.41) is 0.762. The zero-order chi connectivity index (χ0) is 10.1. The standard InChI is InChI=1S/C10H11ClINO/c1-2-13-6-10(12)14-9-4-3-7(11)5-8(9)13/h3-5,10H,2,6H2,1H3/t10-/m1/s1. The molecule has 0 unspecified atom stereocenters. The third-order valence-electron chi connectivity index (χ3n) is 2.26. The predicted octanol–water partition coefficient (Wildman–Crippen LogP) is 3.32. The molecule has 76 valence electrons. The Labute approximate surface area is 102 Å². The van der Waals surface area contributed by atoms with Gasteiger partial charge in [0.05, 0.1) is 12.2 Å². The van der Waals surface area contributed by atoms with Gasteiger partial charge in [-0.15, -0.1) is 0 Å². The van der Waals surface area contributed by atoms with Crippen molar-refractivity contribution in [1.29, 1.82) is 0 Å². The van der Waals surface area contributed by atoms with Crippen molar-refractivity contribution in [2.75, 3.05) is 18.0 Å². The van der Waals surface area contributed by atoms with Gasteiger partial charge in [-0.2, -0.15) is 0 Å². The van der Waals surface area contributed by atoms with Crippen LogP contribution in [0.15, 0.2) is 18.2 Å². The van der Waals surface area contributed by atoms with Crippen molar-refractivity contribution < 1.29 is 4.74 Å². The Morgan fingerprint density at radius 1 is 1.64 bits per heavy atom. The van der Waals surface area contributed by atoms with Gasteiger partial charge in [0.15, 0.2) is 4.11 Å². The van der Waals surface area contributed by atoms with Crippen LogP contribution in [0.3, 0.4) is 0 Å². The number of nitrogens with zero attached hydrogens (tertiary/aromatic N) is 1. The molecule has 1 aliphatic heterocycles. The number of anilines is 1. The first-order valence-electron chi connectivity index (χ1n) is 4.56. The number of alkyl halides is 1. The smallest absolute Gasteiger partial charge is 0.166 e. The number of likely N-dealkylation sites (N-methyl/N-ethyl adjacent to an activating group) is 1. The molecule has 1 aromatic carbocycles. The van der Waals surface area contributed by atoms with Gasteiger partial charge in [0.1, 0.15) is 5.75 Å². The number of ether oxygens (including phenoxy) is 1. The van der Waals surface area contributed by atoms with Gasteiger partial charge in [0.2, 0.25) is 0 Å². The second-order valence-corrected chi connectivity index (χ2v) is 5.00. The Kier molecular flexibility index (Phi) is 3.07. The fourth-order valence-corrected chi connectivity index (χ4v) is 2.50. The van der Waals surface area contributed by atoms with Gasteiger partial charge in [-0.05, 0) is 47.7 Å². The zero-order valence-electron chi connectivity index (χ0n) is 7.84. The number of hydrogen-bond acceptors (Lipinski definition) is 2. The maximum absolute atomic E-state index is 5.95. The Morgan fingerprint density at radius 3 is 3.14 bits per heavy atom. The van der Waals surface area contributed by atoms with E-state index in [0.29, 0.717) is 0 Å². The van der Waals surface area contributed by atoms with Crippen LogP contribution in [0, 0.1) is 0 Å². The number of halogens is 2. The van der Waals surface area contributed by atoms with Crippen LogP contribution in [-0.4, -0.2) is 17.2 Å². The average Bonchev–Trinajstić information content (AvgIpc) is 2.17. The van der Waals surface area contributed by atoms with E-state index in [1.807, 2.05) is 18.2 Å². The lowest BCUT2D eigenvalue weighted by atomic mass is 10.2. The van der Waals surface area contributed by atoms with Gasteiger partial charge < -0.3 is 9.64 Å². The van der Waals surface area contributed by atoms with Crippen molar-refractivity contribution in [2.24, 2.45) is 0 Å². The van der Waals surface area contributed by atoms with Crippen molar-refractivity contribution in [3.8, 4) is 5.75 Å². The van der Waals surface area contributed by atoms with Crippen molar-refractivity contribution in [1.82, 2.24) is 0 Å². The molecule has 4 heteroatoms. The van der Waals surface area contributed by atoms with Crippen molar-refractivity contribution in [2.45, 2.75) is 11.0 Å². The summed E-state index contributed by atoms with van der Waals surface area (Å²) >= 11 is 8.26. The van der Waals surface area contributed by atoms with Gasteiger partial charge in [0.25, 0.3) is 0 Å². The Bertz CT molecular complexity index is 345. The van der Waals surface area contributed by atoms with Crippen LogP contribution in [0.4, 0.5) is 5.69 Å². The van der Waals surface area contributed by atoms with Gasteiger partial charge in [0, 0.05) is 11.6 Å². The molecule has 14 heavy (non-hydrogen) atoms. The minimum Gasteiger partial charge on any atom is -0.476 e. The molecule has 2 nitrogen and oxygen atoms in total. The zero-order valence-corrected chi connectivity index (χ0v) is 10.7. The molecule has 0 amide bonds. The molecule has 0 N–H and O–H groups in total. The van der Waals surface area contributed by atoms with Crippen LogP contribution in [0.5, 0.6) is 5.75 Å². The third-order valence-corrected chi connectivity index (χ3v) is 3.15. The first kappa shape index (κ1) is 10.4. The highest BCUT2D eigenvalue weighted by Crippen LogP contribution is 2.36. The van der Waals surface area contributed by atoms with Crippen LogP contribution >= 0.6 is 34.2 Å². The Balaban J connectivity index is 2.41. The molecular formula is C10H11ClINO. The maximum Gasteiger partial charge on any atom is 0.166 e. The fraction of sp³-hybridized carbons (Fsp3) is 0.400. The molecule has 0 aromatic heterocycles. The molecule has 0 saturated heterocycles. The molecule has 0 spiro atoms. The van der Waals surface area contributed by atoms with E-state index in [4.69, 9.17) is 16.3 Å².